The Kier molecular flexibility index (Phi) is 5.51. The largest absolute Gasteiger partial charge is 0.493 e. The van der Waals surface area contributed by atoms with Gasteiger partial charge >= 0.3 is 0 Å². The lowest BCUT2D eigenvalue weighted by Gasteiger charge is -2.10. The highest BCUT2D eigenvalue weighted by Gasteiger charge is 2.09. The van der Waals surface area contributed by atoms with Crippen LogP contribution < -0.4 is 20.3 Å². The molecular formula is C20H19N3O4. The van der Waals surface area contributed by atoms with E-state index in [-0.39, 0.29) is 17.9 Å². The molecule has 0 aliphatic carbocycles. The minimum atomic E-state index is -0.266. The van der Waals surface area contributed by atoms with Crippen LogP contribution in [0.5, 0.6) is 11.5 Å². The summed E-state index contributed by atoms with van der Waals surface area (Å²) in [5.74, 6) is 1.03. The van der Waals surface area contributed by atoms with E-state index in [1.165, 1.54) is 6.07 Å². The summed E-state index contributed by atoms with van der Waals surface area (Å²) in [7, 11) is 3.12. The van der Waals surface area contributed by atoms with Crippen LogP contribution in [0.2, 0.25) is 0 Å². The van der Waals surface area contributed by atoms with Crippen molar-refractivity contribution in [2.24, 2.45) is 0 Å². The fourth-order valence-corrected chi connectivity index (χ4v) is 2.64. The summed E-state index contributed by atoms with van der Waals surface area (Å²) in [6.07, 6.45) is 0.196. The third-order valence-corrected chi connectivity index (χ3v) is 3.93. The van der Waals surface area contributed by atoms with Gasteiger partial charge in [0.1, 0.15) is 0 Å². The van der Waals surface area contributed by atoms with Crippen molar-refractivity contribution in [2.45, 2.75) is 6.42 Å². The molecule has 0 bridgehead atoms. The lowest BCUT2D eigenvalue weighted by atomic mass is 10.1. The predicted octanol–water partition coefficient (Wildman–Crippen LogP) is 2.64. The Labute approximate surface area is 156 Å². The first kappa shape index (κ1) is 18.2. The third-order valence-electron chi connectivity index (χ3n) is 3.93. The van der Waals surface area contributed by atoms with Crippen molar-refractivity contribution in [2.75, 3.05) is 19.5 Å². The number of methoxy groups -OCH3 is 2. The summed E-state index contributed by atoms with van der Waals surface area (Å²) in [4.78, 5) is 23.5. The van der Waals surface area contributed by atoms with Crippen LogP contribution in [0.1, 0.15) is 5.56 Å². The Morgan fingerprint density at radius 2 is 1.85 bits per heavy atom. The van der Waals surface area contributed by atoms with Crippen molar-refractivity contribution < 1.29 is 14.3 Å². The summed E-state index contributed by atoms with van der Waals surface area (Å²) in [6, 6.07) is 15.7. The molecule has 0 aliphatic rings. The summed E-state index contributed by atoms with van der Waals surface area (Å²) in [5.41, 5.74) is 2.59. The SMILES string of the molecule is COc1ccc(CC(=O)Nc2cccc(-c3ccc(=O)[nH]n3)c2)cc1OC. The first-order chi connectivity index (χ1) is 13.1. The molecule has 1 aromatic heterocycles. The van der Waals surface area contributed by atoms with Gasteiger partial charge < -0.3 is 14.8 Å². The smallest absolute Gasteiger partial charge is 0.264 e. The maximum atomic E-state index is 12.4. The second kappa shape index (κ2) is 8.18. The Balaban J connectivity index is 1.72. The maximum Gasteiger partial charge on any atom is 0.264 e. The number of aromatic amines is 1. The van der Waals surface area contributed by atoms with E-state index < -0.39 is 0 Å². The van der Waals surface area contributed by atoms with Gasteiger partial charge in [-0.1, -0.05) is 18.2 Å². The van der Waals surface area contributed by atoms with Crippen molar-refractivity contribution in [3.63, 3.8) is 0 Å². The van der Waals surface area contributed by atoms with E-state index in [4.69, 9.17) is 9.47 Å². The van der Waals surface area contributed by atoms with Crippen LogP contribution in [-0.2, 0) is 11.2 Å². The van der Waals surface area contributed by atoms with E-state index in [2.05, 4.69) is 15.5 Å². The minimum Gasteiger partial charge on any atom is -0.493 e. The molecule has 1 heterocycles. The molecule has 7 nitrogen and oxygen atoms in total. The standard InChI is InChI=1S/C20H19N3O4/c1-26-17-8-6-13(10-18(17)27-2)11-20(25)21-15-5-3-4-14(12-15)16-7-9-19(24)23-22-16/h3-10,12H,11H2,1-2H3,(H,21,25)(H,23,24). The van der Waals surface area contributed by atoms with Gasteiger partial charge in [0.25, 0.3) is 5.56 Å². The number of rotatable bonds is 6. The zero-order valence-corrected chi connectivity index (χ0v) is 15.0. The molecule has 0 saturated carbocycles. The Hall–Kier alpha value is -3.61. The Morgan fingerprint density at radius 1 is 1.04 bits per heavy atom. The molecule has 2 N–H and O–H groups in total. The molecule has 0 saturated heterocycles. The number of benzene rings is 2. The second-order valence-electron chi connectivity index (χ2n) is 5.80. The molecule has 2 aromatic carbocycles. The van der Waals surface area contributed by atoms with Gasteiger partial charge in [0, 0.05) is 17.3 Å². The van der Waals surface area contributed by atoms with Crippen LogP contribution in [0.4, 0.5) is 5.69 Å². The quantitative estimate of drug-likeness (QED) is 0.700. The van der Waals surface area contributed by atoms with Crippen LogP contribution in [0, 0.1) is 0 Å². The van der Waals surface area contributed by atoms with Crippen LogP contribution in [0.15, 0.2) is 59.4 Å². The number of anilines is 1. The molecule has 0 fully saturated rings. The number of carbonyl (C=O) groups is 1. The van der Waals surface area contributed by atoms with Gasteiger partial charge in [0.15, 0.2) is 11.5 Å². The maximum absolute atomic E-state index is 12.4. The molecule has 1 amide bonds. The number of aromatic nitrogens is 2. The normalized spacial score (nSPS) is 10.3. The molecule has 3 rings (SSSR count). The number of nitrogens with one attached hydrogen (secondary N) is 2. The van der Waals surface area contributed by atoms with Gasteiger partial charge in [-0.2, -0.15) is 5.10 Å². The van der Waals surface area contributed by atoms with Crippen LogP contribution >= 0.6 is 0 Å². The summed E-state index contributed by atoms with van der Waals surface area (Å²) in [5, 5.41) is 9.26. The topological polar surface area (TPSA) is 93.3 Å². The Bertz CT molecular complexity index is 994. The van der Waals surface area contributed by atoms with Gasteiger partial charge in [-0.15, -0.1) is 0 Å². The lowest BCUT2D eigenvalue weighted by Crippen LogP contribution is -2.14. The number of amides is 1. The lowest BCUT2D eigenvalue weighted by molar-refractivity contribution is -0.115. The molecule has 7 heteroatoms. The number of ether oxygens (including phenoxy) is 2. The van der Waals surface area contributed by atoms with Gasteiger partial charge in [-0.25, -0.2) is 5.10 Å². The highest BCUT2D eigenvalue weighted by molar-refractivity contribution is 5.93. The summed E-state index contributed by atoms with van der Waals surface area (Å²) in [6.45, 7) is 0. The fourth-order valence-electron chi connectivity index (χ4n) is 2.64. The van der Waals surface area contributed by atoms with Crippen LogP contribution in [-0.4, -0.2) is 30.3 Å². The molecule has 0 atom stereocenters. The predicted molar refractivity (Wildman–Crippen MR) is 102 cm³/mol. The highest BCUT2D eigenvalue weighted by atomic mass is 16.5. The number of hydrogen-bond donors (Lipinski definition) is 2. The fraction of sp³-hybridized carbons (Fsp3) is 0.150. The molecule has 0 spiro atoms. The van der Waals surface area contributed by atoms with Crippen LogP contribution in [0.3, 0.4) is 0 Å². The first-order valence-electron chi connectivity index (χ1n) is 8.26. The minimum absolute atomic E-state index is 0.159. The van der Waals surface area contributed by atoms with Crippen LogP contribution in [0.25, 0.3) is 11.3 Å². The van der Waals surface area contributed by atoms with E-state index in [1.807, 2.05) is 18.2 Å². The molecule has 138 valence electrons. The van der Waals surface area contributed by atoms with E-state index in [9.17, 15) is 9.59 Å². The Morgan fingerprint density at radius 3 is 2.56 bits per heavy atom. The molecule has 0 aliphatic heterocycles. The average Bonchev–Trinajstić information content (AvgIpc) is 2.68. The zero-order valence-electron chi connectivity index (χ0n) is 15.0. The zero-order chi connectivity index (χ0) is 19.2. The first-order valence-corrected chi connectivity index (χ1v) is 8.26. The van der Waals surface area contributed by atoms with Crippen molar-refractivity contribution in [3.8, 4) is 22.8 Å². The number of hydrogen-bond acceptors (Lipinski definition) is 5. The van der Waals surface area contributed by atoms with Gasteiger partial charge in [0.05, 0.1) is 26.3 Å². The molecular weight excluding hydrogens is 346 g/mol. The van der Waals surface area contributed by atoms with E-state index in [1.54, 1.807) is 44.6 Å². The molecule has 3 aromatic rings. The average molecular weight is 365 g/mol. The van der Waals surface area contributed by atoms with Gasteiger partial charge in [-0.3, -0.25) is 9.59 Å². The van der Waals surface area contributed by atoms with Gasteiger partial charge in [0.2, 0.25) is 5.91 Å². The second-order valence-corrected chi connectivity index (χ2v) is 5.80. The van der Waals surface area contributed by atoms with Gasteiger partial charge in [-0.05, 0) is 35.9 Å². The van der Waals surface area contributed by atoms with E-state index >= 15 is 0 Å². The highest BCUT2D eigenvalue weighted by Crippen LogP contribution is 2.28. The van der Waals surface area contributed by atoms with Crippen molar-refractivity contribution in [1.29, 1.82) is 0 Å². The summed E-state index contributed by atoms with van der Waals surface area (Å²) < 4.78 is 10.5. The molecule has 0 radical (unpaired) electrons. The van der Waals surface area contributed by atoms with Crippen molar-refractivity contribution >= 4 is 11.6 Å². The number of nitrogens with zero attached hydrogens (tertiary/aromatic N) is 1. The van der Waals surface area contributed by atoms with Crippen molar-refractivity contribution in [3.05, 3.63) is 70.5 Å². The third kappa shape index (κ3) is 4.52. The summed E-state index contributed by atoms with van der Waals surface area (Å²) >= 11 is 0. The van der Waals surface area contributed by atoms with E-state index in [0.29, 0.717) is 22.9 Å². The number of carbonyl (C=O) groups excluding carboxylic acids is 1. The molecule has 0 unspecified atom stereocenters. The van der Waals surface area contributed by atoms with E-state index in [0.717, 1.165) is 11.1 Å². The number of H-pyrrole nitrogens is 1. The monoisotopic (exact) mass is 365 g/mol. The molecule has 27 heavy (non-hydrogen) atoms. The van der Waals surface area contributed by atoms with Crippen molar-refractivity contribution in [1.82, 2.24) is 10.2 Å².